The molecule has 0 unspecified atom stereocenters. The van der Waals surface area contributed by atoms with Gasteiger partial charge in [-0.2, -0.15) is 0 Å². The monoisotopic (exact) mass is 331 g/mol. The van der Waals surface area contributed by atoms with Gasteiger partial charge >= 0.3 is 5.63 Å². The molecule has 0 aliphatic heterocycles. The third-order valence-corrected chi connectivity index (χ3v) is 4.58. The highest BCUT2D eigenvalue weighted by molar-refractivity contribution is 7.22. The van der Waals surface area contributed by atoms with Gasteiger partial charge in [0.15, 0.2) is 5.58 Å². The van der Waals surface area contributed by atoms with Gasteiger partial charge in [-0.05, 0) is 23.8 Å². The van der Waals surface area contributed by atoms with Crippen LogP contribution in [0.5, 0.6) is 0 Å². The van der Waals surface area contributed by atoms with E-state index in [2.05, 4.69) is 6.58 Å². The summed E-state index contributed by atoms with van der Waals surface area (Å²) in [6.45, 7) is 3.88. The Kier molecular flexibility index (Phi) is 3.92. The first kappa shape index (κ1) is 15.3. The number of hydrogen-bond donors (Lipinski definition) is 1. The molecule has 0 atom stereocenters. The van der Waals surface area contributed by atoms with Gasteiger partial charge in [-0.3, -0.25) is 0 Å². The van der Waals surface area contributed by atoms with Gasteiger partial charge in [0.05, 0.1) is 9.70 Å². The molecule has 23 heavy (non-hydrogen) atoms. The lowest BCUT2D eigenvalue weighted by molar-refractivity contribution is 0.499. The van der Waals surface area contributed by atoms with Gasteiger partial charge in [0.1, 0.15) is 17.1 Å². The topological polar surface area (TPSA) is 53.7 Å². The van der Waals surface area contributed by atoms with Gasteiger partial charge in [-0.25, -0.2) is 9.18 Å². The van der Waals surface area contributed by atoms with Gasteiger partial charge in [0, 0.05) is 19.7 Å². The zero-order valence-electron chi connectivity index (χ0n) is 12.4. The molecular formula is C17H14FNO3S. The molecule has 3 rings (SSSR count). The van der Waals surface area contributed by atoms with Crippen LogP contribution in [0.15, 0.2) is 52.2 Å². The number of thiophene rings is 1. The second-order valence-electron chi connectivity index (χ2n) is 5.19. The highest BCUT2D eigenvalue weighted by Crippen LogP contribution is 2.33. The molecule has 1 N–H and O–H groups in total. The number of fused-ring (bicyclic) bond motifs is 1. The maximum atomic E-state index is 13.3. The van der Waals surface area contributed by atoms with Crippen molar-refractivity contribution in [2.24, 2.45) is 0 Å². The lowest BCUT2D eigenvalue weighted by Crippen LogP contribution is -2.14. The van der Waals surface area contributed by atoms with E-state index in [4.69, 9.17) is 4.42 Å². The van der Waals surface area contributed by atoms with Gasteiger partial charge in [0.2, 0.25) is 0 Å². The largest absolute Gasteiger partial charge is 0.508 e. The summed E-state index contributed by atoms with van der Waals surface area (Å²) in [7, 11) is 1.87. The third kappa shape index (κ3) is 3.12. The molecule has 0 aliphatic carbocycles. The second-order valence-corrected chi connectivity index (χ2v) is 6.26. The number of anilines is 1. The summed E-state index contributed by atoms with van der Waals surface area (Å²) in [6.07, 6.45) is 0. The molecule has 0 bridgehead atoms. The van der Waals surface area contributed by atoms with E-state index in [0.29, 0.717) is 12.1 Å². The average molecular weight is 331 g/mol. The smallest absolute Gasteiger partial charge is 0.347 e. The van der Waals surface area contributed by atoms with Crippen molar-refractivity contribution in [2.75, 3.05) is 11.9 Å². The fourth-order valence-electron chi connectivity index (χ4n) is 2.28. The number of aliphatic hydroxyl groups is 1. The second kappa shape index (κ2) is 5.89. The number of benzene rings is 1. The normalized spacial score (nSPS) is 10.9. The average Bonchev–Trinajstić information content (AvgIpc) is 2.89. The molecule has 2 heterocycles. The molecule has 0 radical (unpaired) electrons. The van der Waals surface area contributed by atoms with Crippen LogP contribution in [0.2, 0.25) is 0 Å². The zero-order chi connectivity index (χ0) is 16.6. The first-order valence-electron chi connectivity index (χ1n) is 6.85. The Hall–Kier alpha value is -2.60. The lowest BCUT2D eigenvalue weighted by atomic mass is 10.2. The Morgan fingerprint density at radius 3 is 2.87 bits per heavy atom. The van der Waals surface area contributed by atoms with Crippen molar-refractivity contribution in [1.82, 2.24) is 0 Å². The predicted molar refractivity (Wildman–Crippen MR) is 90.5 cm³/mol. The van der Waals surface area contributed by atoms with E-state index in [0.717, 1.165) is 15.3 Å². The predicted octanol–water partition coefficient (Wildman–Crippen LogP) is 4.16. The van der Waals surface area contributed by atoms with E-state index in [-0.39, 0.29) is 17.1 Å². The number of aliphatic hydroxyl groups excluding tert-OH is 1. The molecule has 3 aromatic rings. The maximum absolute atomic E-state index is 13.3. The molecule has 118 valence electrons. The summed E-state index contributed by atoms with van der Waals surface area (Å²) in [6, 6.07) is 9.72. The summed E-state index contributed by atoms with van der Waals surface area (Å²) in [5.74, 6) is -0.590. The van der Waals surface area contributed by atoms with Crippen molar-refractivity contribution >= 4 is 32.4 Å². The first-order chi connectivity index (χ1) is 10.9. The van der Waals surface area contributed by atoms with Crippen LogP contribution in [0.4, 0.5) is 9.39 Å². The first-order valence-corrected chi connectivity index (χ1v) is 7.67. The number of halogens is 1. The van der Waals surface area contributed by atoms with E-state index in [9.17, 15) is 14.3 Å². The minimum atomic E-state index is -0.623. The van der Waals surface area contributed by atoms with Crippen molar-refractivity contribution in [3.63, 3.8) is 0 Å². The van der Waals surface area contributed by atoms with E-state index in [1.807, 2.05) is 18.0 Å². The van der Waals surface area contributed by atoms with Crippen LogP contribution in [0.1, 0.15) is 11.1 Å². The number of rotatable bonds is 4. The Labute approximate surface area is 135 Å². The summed E-state index contributed by atoms with van der Waals surface area (Å²) < 4.78 is 19.2. The Morgan fingerprint density at radius 2 is 2.17 bits per heavy atom. The van der Waals surface area contributed by atoms with Crippen molar-refractivity contribution in [2.45, 2.75) is 6.54 Å². The molecule has 2 aromatic heterocycles. The molecule has 6 heteroatoms. The molecule has 0 saturated heterocycles. The van der Waals surface area contributed by atoms with Crippen LogP contribution in [-0.4, -0.2) is 12.2 Å². The highest BCUT2D eigenvalue weighted by atomic mass is 32.1. The van der Waals surface area contributed by atoms with E-state index in [1.54, 1.807) is 18.2 Å². The van der Waals surface area contributed by atoms with E-state index < -0.39 is 5.63 Å². The van der Waals surface area contributed by atoms with Crippen molar-refractivity contribution < 1.29 is 13.9 Å². The van der Waals surface area contributed by atoms with Gasteiger partial charge in [0.25, 0.3) is 0 Å². The van der Waals surface area contributed by atoms with Crippen LogP contribution in [0, 0.1) is 5.82 Å². The number of nitrogens with zero attached hydrogens (tertiary/aromatic N) is 1. The minimum absolute atomic E-state index is 0.0543. The molecular weight excluding hydrogens is 317 g/mol. The third-order valence-electron chi connectivity index (χ3n) is 3.41. The quantitative estimate of drug-likeness (QED) is 0.730. The summed E-state index contributed by atoms with van der Waals surface area (Å²) in [5, 5.41) is 10.3. The Morgan fingerprint density at radius 1 is 1.39 bits per heavy atom. The highest BCUT2D eigenvalue weighted by Gasteiger charge is 2.13. The molecule has 1 aromatic carbocycles. The van der Waals surface area contributed by atoms with Crippen LogP contribution >= 0.6 is 11.3 Å². The van der Waals surface area contributed by atoms with Gasteiger partial charge in [-0.15, -0.1) is 11.3 Å². The SMILES string of the molecule is C=C(O)c1cc2sc(N(C)Cc3cccc(F)c3)cc2oc1=O. The van der Waals surface area contributed by atoms with Crippen LogP contribution in [0.25, 0.3) is 16.0 Å². The van der Waals surface area contributed by atoms with Crippen molar-refractivity contribution in [3.8, 4) is 0 Å². The Bertz CT molecular complexity index is 944. The molecule has 0 fully saturated rings. The lowest BCUT2D eigenvalue weighted by Gasteiger charge is -2.16. The fraction of sp³-hybridized carbons (Fsp3) is 0.118. The van der Waals surface area contributed by atoms with E-state index in [1.165, 1.54) is 23.5 Å². The molecule has 0 spiro atoms. The molecule has 0 saturated carbocycles. The number of hydrogen-bond acceptors (Lipinski definition) is 5. The van der Waals surface area contributed by atoms with Crippen LogP contribution in [0.3, 0.4) is 0 Å². The molecule has 0 amide bonds. The van der Waals surface area contributed by atoms with Crippen molar-refractivity contribution in [3.05, 3.63) is 70.3 Å². The van der Waals surface area contributed by atoms with Crippen LogP contribution in [-0.2, 0) is 6.54 Å². The summed E-state index contributed by atoms with van der Waals surface area (Å²) >= 11 is 1.42. The van der Waals surface area contributed by atoms with Crippen LogP contribution < -0.4 is 10.5 Å². The fourth-order valence-corrected chi connectivity index (χ4v) is 3.27. The Balaban J connectivity index is 1.93. The molecule has 0 aliphatic rings. The zero-order valence-corrected chi connectivity index (χ0v) is 13.2. The molecule has 4 nitrogen and oxygen atoms in total. The summed E-state index contributed by atoms with van der Waals surface area (Å²) in [4.78, 5) is 13.7. The van der Waals surface area contributed by atoms with Crippen molar-refractivity contribution in [1.29, 1.82) is 0 Å². The summed E-state index contributed by atoms with van der Waals surface area (Å²) in [5.41, 5.74) is 0.725. The standard InChI is InChI=1S/C17H14FNO3S/c1-10(20)13-7-15-14(22-17(13)21)8-16(23-15)19(2)9-11-4-3-5-12(18)6-11/h3-8,20H,1,9H2,2H3. The van der Waals surface area contributed by atoms with Gasteiger partial charge in [-0.1, -0.05) is 18.7 Å². The van der Waals surface area contributed by atoms with E-state index >= 15 is 0 Å². The minimum Gasteiger partial charge on any atom is -0.508 e. The van der Waals surface area contributed by atoms with Gasteiger partial charge < -0.3 is 14.4 Å². The maximum Gasteiger partial charge on any atom is 0.347 e.